The van der Waals surface area contributed by atoms with E-state index in [-0.39, 0.29) is 5.56 Å². The van der Waals surface area contributed by atoms with Crippen molar-refractivity contribution in [2.75, 3.05) is 0 Å². The lowest BCUT2D eigenvalue weighted by Gasteiger charge is -2.25. The standard InChI is InChI=1S/C17H20N2O3S/c1-17(2,3)23(22)19-15(12-8-10-18-11-9-12)13-6-4-5-7-14(13)16(20)21/h4-11,15,19H,1-3H3,(H,20,21). The summed E-state index contributed by atoms with van der Waals surface area (Å²) in [5.41, 5.74) is 1.57. The highest BCUT2D eigenvalue weighted by Crippen LogP contribution is 2.27. The number of carboxylic acids is 1. The maximum absolute atomic E-state index is 12.5. The van der Waals surface area contributed by atoms with Crippen molar-refractivity contribution in [3.05, 3.63) is 65.5 Å². The minimum atomic E-state index is -1.35. The molecule has 0 spiro atoms. The molecule has 1 aromatic heterocycles. The number of benzene rings is 1. The smallest absolute Gasteiger partial charge is 0.336 e. The number of carbonyl (C=O) groups is 1. The van der Waals surface area contributed by atoms with Gasteiger partial charge in [0.05, 0.1) is 27.3 Å². The van der Waals surface area contributed by atoms with Gasteiger partial charge in [0, 0.05) is 12.4 Å². The second-order valence-corrected chi connectivity index (χ2v) is 8.10. The third-order valence-electron chi connectivity index (χ3n) is 3.32. The zero-order valence-corrected chi connectivity index (χ0v) is 14.1. The number of nitrogens with one attached hydrogen (secondary N) is 1. The predicted octanol–water partition coefficient (Wildman–Crippen LogP) is 2.92. The first-order valence-electron chi connectivity index (χ1n) is 7.21. The topological polar surface area (TPSA) is 79.3 Å². The number of hydrogen-bond acceptors (Lipinski definition) is 3. The predicted molar refractivity (Wildman–Crippen MR) is 90.5 cm³/mol. The maximum Gasteiger partial charge on any atom is 0.336 e. The van der Waals surface area contributed by atoms with E-state index >= 15 is 0 Å². The van der Waals surface area contributed by atoms with Crippen LogP contribution < -0.4 is 4.72 Å². The molecule has 1 aromatic carbocycles. The molecule has 0 radical (unpaired) electrons. The largest absolute Gasteiger partial charge is 0.478 e. The van der Waals surface area contributed by atoms with Crippen molar-refractivity contribution in [2.24, 2.45) is 0 Å². The van der Waals surface area contributed by atoms with E-state index in [0.717, 1.165) is 5.56 Å². The van der Waals surface area contributed by atoms with Crippen LogP contribution in [-0.2, 0) is 11.0 Å². The summed E-state index contributed by atoms with van der Waals surface area (Å²) in [7, 11) is -1.35. The first-order valence-corrected chi connectivity index (χ1v) is 8.36. The van der Waals surface area contributed by atoms with E-state index in [0.29, 0.717) is 5.56 Å². The molecule has 0 saturated carbocycles. The van der Waals surface area contributed by atoms with Gasteiger partial charge in [-0.25, -0.2) is 13.7 Å². The highest BCUT2D eigenvalue weighted by molar-refractivity contribution is 7.84. The van der Waals surface area contributed by atoms with E-state index in [1.807, 2.05) is 20.8 Å². The Morgan fingerprint density at radius 2 is 1.78 bits per heavy atom. The quantitative estimate of drug-likeness (QED) is 0.882. The average molecular weight is 332 g/mol. The van der Waals surface area contributed by atoms with Crippen LogP contribution in [0.3, 0.4) is 0 Å². The van der Waals surface area contributed by atoms with Crippen LogP contribution in [0.4, 0.5) is 0 Å². The van der Waals surface area contributed by atoms with Crippen LogP contribution in [0, 0.1) is 0 Å². The number of nitrogens with zero attached hydrogens (tertiary/aromatic N) is 1. The van der Waals surface area contributed by atoms with Crippen molar-refractivity contribution in [1.29, 1.82) is 0 Å². The molecular weight excluding hydrogens is 312 g/mol. The summed E-state index contributed by atoms with van der Waals surface area (Å²) in [6.07, 6.45) is 3.26. The van der Waals surface area contributed by atoms with Crippen molar-refractivity contribution in [1.82, 2.24) is 9.71 Å². The number of hydrogen-bond donors (Lipinski definition) is 2. The Hall–Kier alpha value is -2.05. The van der Waals surface area contributed by atoms with Crippen molar-refractivity contribution >= 4 is 17.0 Å². The number of carboxylic acid groups (broad SMARTS) is 1. The Bertz CT molecular complexity index is 711. The number of aromatic carboxylic acids is 1. The molecule has 2 atom stereocenters. The lowest BCUT2D eigenvalue weighted by atomic mass is 9.96. The van der Waals surface area contributed by atoms with Crippen LogP contribution in [-0.4, -0.2) is 25.0 Å². The molecule has 2 N–H and O–H groups in total. The van der Waals surface area contributed by atoms with Crippen LogP contribution >= 0.6 is 0 Å². The Balaban J connectivity index is 2.51. The van der Waals surface area contributed by atoms with E-state index in [1.54, 1.807) is 48.8 Å². The van der Waals surface area contributed by atoms with Crippen molar-refractivity contribution in [3.8, 4) is 0 Å². The molecule has 6 heteroatoms. The van der Waals surface area contributed by atoms with Crippen molar-refractivity contribution < 1.29 is 14.1 Å². The first kappa shape index (κ1) is 17.3. The normalized spacial score (nSPS) is 14.2. The van der Waals surface area contributed by atoms with Gasteiger partial charge in [-0.2, -0.15) is 0 Å². The van der Waals surface area contributed by atoms with Gasteiger partial charge in [0.15, 0.2) is 0 Å². The summed E-state index contributed by atoms with van der Waals surface area (Å²) < 4.78 is 15.1. The fourth-order valence-electron chi connectivity index (χ4n) is 2.09. The first-order chi connectivity index (χ1) is 10.8. The molecule has 0 bridgehead atoms. The molecule has 0 saturated heterocycles. The Labute approximate surface area is 138 Å². The van der Waals surface area contributed by atoms with Gasteiger partial charge < -0.3 is 5.11 Å². The lowest BCUT2D eigenvalue weighted by molar-refractivity contribution is 0.0695. The molecule has 0 aliphatic rings. The van der Waals surface area contributed by atoms with E-state index < -0.39 is 27.7 Å². The molecule has 2 rings (SSSR count). The van der Waals surface area contributed by atoms with E-state index in [4.69, 9.17) is 0 Å². The van der Waals surface area contributed by atoms with Crippen molar-refractivity contribution in [2.45, 2.75) is 31.6 Å². The molecule has 0 aliphatic carbocycles. The zero-order valence-electron chi connectivity index (χ0n) is 13.3. The lowest BCUT2D eigenvalue weighted by Crippen LogP contribution is -2.36. The Kier molecular flexibility index (Phi) is 5.28. The van der Waals surface area contributed by atoms with Gasteiger partial charge in [0.25, 0.3) is 0 Å². The van der Waals surface area contributed by atoms with E-state index in [2.05, 4.69) is 9.71 Å². The van der Waals surface area contributed by atoms with Crippen LogP contribution in [0.25, 0.3) is 0 Å². The van der Waals surface area contributed by atoms with Gasteiger partial charge in [0.1, 0.15) is 0 Å². The molecule has 0 fully saturated rings. The molecule has 5 nitrogen and oxygen atoms in total. The zero-order chi connectivity index (χ0) is 17.0. The van der Waals surface area contributed by atoms with Gasteiger partial charge in [-0.3, -0.25) is 4.98 Å². The van der Waals surface area contributed by atoms with Crippen LogP contribution in [0.15, 0.2) is 48.8 Å². The summed E-state index contributed by atoms with van der Waals surface area (Å²) in [5, 5.41) is 9.44. The second kappa shape index (κ2) is 7.02. The molecular formula is C17H20N2O3S. The molecule has 122 valence electrons. The minimum absolute atomic E-state index is 0.188. The fourth-order valence-corrected chi connectivity index (χ4v) is 2.92. The minimum Gasteiger partial charge on any atom is -0.478 e. The van der Waals surface area contributed by atoms with E-state index in [9.17, 15) is 14.1 Å². The molecule has 23 heavy (non-hydrogen) atoms. The highest BCUT2D eigenvalue weighted by Gasteiger charge is 2.27. The highest BCUT2D eigenvalue weighted by atomic mass is 32.2. The molecule has 2 aromatic rings. The van der Waals surface area contributed by atoms with Crippen molar-refractivity contribution in [3.63, 3.8) is 0 Å². The van der Waals surface area contributed by atoms with Gasteiger partial charge in [0.2, 0.25) is 0 Å². The summed E-state index contributed by atoms with van der Waals surface area (Å²) in [5.74, 6) is -1.01. The number of pyridine rings is 1. The molecule has 0 amide bonds. The van der Waals surface area contributed by atoms with Gasteiger partial charge in [-0.15, -0.1) is 0 Å². The molecule has 2 unspecified atom stereocenters. The summed E-state index contributed by atoms with van der Waals surface area (Å²) in [6, 6.07) is 9.82. The monoisotopic (exact) mass is 332 g/mol. The summed E-state index contributed by atoms with van der Waals surface area (Å²) in [4.78, 5) is 15.5. The Morgan fingerprint density at radius 3 is 2.35 bits per heavy atom. The molecule has 1 heterocycles. The van der Waals surface area contributed by atoms with Gasteiger partial charge in [-0.1, -0.05) is 18.2 Å². The molecule has 0 aliphatic heterocycles. The maximum atomic E-state index is 12.5. The SMILES string of the molecule is CC(C)(C)S(=O)NC(c1ccncc1)c1ccccc1C(=O)O. The fraction of sp³-hybridized carbons (Fsp3) is 0.294. The van der Waals surface area contributed by atoms with Crippen LogP contribution in [0.1, 0.15) is 48.3 Å². The summed E-state index contributed by atoms with van der Waals surface area (Å²) >= 11 is 0. The third kappa shape index (κ3) is 4.24. The number of aromatic nitrogens is 1. The average Bonchev–Trinajstić information content (AvgIpc) is 2.52. The number of rotatable bonds is 5. The third-order valence-corrected chi connectivity index (χ3v) is 4.88. The second-order valence-electron chi connectivity index (χ2n) is 6.10. The Morgan fingerprint density at radius 1 is 1.17 bits per heavy atom. The van der Waals surface area contributed by atoms with Gasteiger partial charge >= 0.3 is 5.97 Å². The van der Waals surface area contributed by atoms with Crippen LogP contribution in [0.2, 0.25) is 0 Å². The van der Waals surface area contributed by atoms with E-state index in [1.165, 1.54) is 0 Å². The van der Waals surface area contributed by atoms with Crippen LogP contribution in [0.5, 0.6) is 0 Å². The summed E-state index contributed by atoms with van der Waals surface area (Å²) in [6.45, 7) is 5.59. The van der Waals surface area contributed by atoms with Gasteiger partial charge in [-0.05, 0) is 50.1 Å².